The second-order valence-corrected chi connectivity index (χ2v) is 7.21. The molecule has 0 unspecified atom stereocenters. The van der Waals surface area contributed by atoms with Gasteiger partial charge < -0.3 is 15.6 Å². The van der Waals surface area contributed by atoms with Crippen molar-refractivity contribution in [2.45, 2.75) is 33.1 Å². The van der Waals surface area contributed by atoms with E-state index in [9.17, 15) is 9.90 Å². The number of hydrogen-bond acceptors (Lipinski definition) is 4. The number of methoxy groups -OCH3 is 1. The maximum atomic E-state index is 11.5. The minimum Gasteiger partial charge on any atom is -0.496 e. The second-order valence-electron chi connectivity index (χ2n) is 7.21. The summed E-state index contributed by atoms with van der Waals surface area (Å²) in [5, 5.41) is 9.42. The van der Waals surface area contributed by atoms with Crippen molar-refractivity contribution in [1.29, 1.82) is 0 Å². The summed E-state index contributed by atoms with van der Waals surface area (Å²) >= 11 is 0. The topological polar surface area (TPSA) is 85.4 Å². The number of aromatic nitrogens is 1. The summed E-state index contributed by atoms with van der Waals surface area (Å²) < 4.78 is 5.34. The molecule has 1 aromatic carbocycles. The molecule has 0 amide bonds. The normalized spacial score (nSPS) is 13.5. The van der Waals surface area contributed by atoms with Gasteiger partial charge >= 0.3 is 5.97 Å². The van der Waals surface area contributed by atoms with Gasteiger partial charge in [-0.3, -0.25) is 0 Å². The number of hydrogen-bond donors (Lipinski definition) is 2. The van der Waals surface area contributed by atoms with E-state index in [1.165, 1.54) is 18.3 Å². The third-order valence-electron chi connectivity index (χ3n) is 5.29. The highest BCUT2D eigenvalue weighted by atomic mass is 16.5. The Balaban J connectivity index is 2.16. The summed E-state index contributed by atoms with van der Waals surface area (Å²) in [7, 11) is 1.48. The van der Waals surface area contributed by atoms with Crippen LogP contribution in [0.3, 0.4) is 0 Å². The molecular formula is C26H26N2O3. The van der Waals surface area contributed by atoms with Gasteiger partial charge in [0.1, 0.15) is 17.1 Å². The summed E-state index contributed by atoms with van der Waals surface area (Å²) in [4.78, 5) is 15.6. The highest BCUT2D eigenvalue weighted by molar-refractivity contribution is 5.93. The lowest BCUT2D eigenvalue weighted by molar-refractivity contribution is 0.0693. The van der Waals surface area contributed by atoms with Crippen molar-refractivity contribution >= 4 is 17.4 Å². The largest absolute Gasteiger partial charge is 0.496 e. The molecule has 0 fully saturated rings. The van der Waals surface area contributed by atoms with Crippen molar-refractivity contribution in [2.24, 2.45) is 0 Å². The van der Waals surface area contributed by atoms with Crippen LogP contribution in [0.1, 0.15) is 54.6 Å². The molecule has 0 radical (unpaired) electrons. The van der Waals surface area contributed by atoms with Crippen LogP contribution in [-0.4, -0.2) is 23.2 Å². The average molecular weight is 415 g/mol. The molecule has 3 rings (SSSR count). The Kier molecular flexibility index (Phi) is 6.94. The number of carbonyl (C=O) groups is 1. The minimum atomic E-state index is -1.02. The smallest absolute Gasteiger partial charge is 0.339 e. The van der Waals surface area contributed by atoms with E-state index in [4.69, 9.17) is 10.5 Å². The van der Waals surface area contributed by atoms with Gasteiger partial charge in [0.2, 0.25) is 0 Å². The quantitative estimate of drug-likeness (QED) is 0.653. The maximum absolute atomic E-state index is 11.5. The molecular weight excluding hydrogens is 388 g/mol. The first-order valence-electron chi connectivity index (χ1n) is 10.2. The zero-order chi connectivity index (χ0) is 22.4. The van der Waals surface area contributed by atoms with Crippen LogP contribution >= 0.6 is 0 Å². The molecule has 0 bridgehead atoms. The number of allylic oxidation sites excluding steroid dienone is 6. The number of carboxylic acid groups (broad SMARTS) is 1. The Morgan fingerprint density at radius 1 is 1.16 bits per heavy atom. The Morgan fingerprint density at radius 2 is 1.97 bits per heavy atom. The summed E-state index contributed by atoms with van der Waals surface area (Å²) in [6.45, 7) is 4.28. The number of ether oxygens (including phenoxy) is 1. The van der Waals surface area contributed by atoms with E-state index in [2.05, 4.69) is 42.8 Å². The average Bonchev–Trinajstić information content (AvgIpc) is 2.97. The standard InChI is InChI=1S/C26H26N2O3/c1-4-17-6-10-22(20-9-12-23(26(29)30)24(15-20)31-3)21(19(5-2)14-17)11-7-18-8-13-25(27)28-16-18/h6,8-10,12-13,15-16H,4-5,14H2,1-3H3,(H2,27,28)(H,29,30). The van der Waals surface area contributed by atoms with Gasteiger partial charge in [0.15, 0.2) is 0 Å². The van der Waals surface area contributed by atoms with Crippen LogP contribution in [0.2, 0.25) is 0 Å². The monoisotopic (exact) mass is 414 g/mol. The second kappa shape index (κ2) is 9.82. The predicted octanol–water partition coefficient (Wildman–Crippen LogP) is 5.25. The van der Waals surface area contributed by atoms with E-state index in [0.29, 0.717) is 11.6 Å². The van der Waals surface area contributed by atoms with Crippen molar-refractivity contribution in [3.05, 3.63) is 82.1 Å². The van der Waals surface area contributed by atoms with Crippen molar-refractivity contribution in [3.63, 3.8) is 0 Å². The molecule has 0 spiro atoms. The number of pyridine rings is 1. The first kappa shape index (κ1) is 21.9. The summed E-state index contributed by atoms with van der Waals surface area (Å²) in [6, 6.07) is 8.73. The van der Waals surface area contributed by atoms with Crippen molar-refractivity contribution < 1.29 is 14.6 Å². The molecule has 1 heterocycles. The zero-order valence-corrected chi connectivity index (χ0v) is 18.0. The molecule has 1 aromatic heterocycles. The molecule has 0 atom stereocenters. The fourth-order valence-electron chi connectivity index (χ4n) is 3.49. The predicted molar refractivity (Wildman–Crippen MR) is 124 cm³/mol. The summed E-state index contributed by atoms with van der Waals surface area (Å²) in [5.74, 6) is 6.32. The first-order valence-corrected chi connectivity index (χ1v) is 10.2. The molecule has 31 heavy (non-hydrogen) atoms. The summed E-state index contributed by atoms with van der Waals surface area (Å²) in [5.41, 5.74) is 11.9. The van der Waals surface area contributed by atoms with Crippen molar-refractivity contribution in [1.82, 2.24) is 4.98 Å². The lowest BCUT2D eigenvalue weighted by Gasteiger charge is -2.14. The fourth-order valence-corrected chi connectivity index (χ4v) is 3.49. The number of anilines is 1. The van der Waals surface area contributed by atoms with Gasteiger partial charge in [0.05, 0.1) is 7.11 Å². The third kappa shape index (κ3) is 5.04. The lowest BCUT2D eigenvalue weighted by Crippen LogP contribution is -2.02. The Labute approximate surface area is 183 Å². The SMILES string of the molecule is CCC1=CC=C(c2ccc(C(=O)O)c(OC)c2)C(C#Cc2ccc(N)nc2)=C(CC)C1. The molecule has 1 aliphatic rings. The maximum Gasteiger partial charge on any atom is 0.339 e. The van der Waals surface area contributed by atoms with Crippen LogP contribution in [0.15, 0.2) is 65.4 Å². The van der Waals surface area contributed by atoms with Gasteiger partial charge in [0.25, 0.3) is 0 Å². The molecule has 0 aliphatic heterocycles. The number of nitrogen functional groups attached to an aromatic ring is 1. The van der Waals surface area contributed by atoms with Crippen LogP contribution in [0.5, 0.6) is 5.75 Å². The van der Waals surface area contributed by atoms with Gasteiger partial charge in [-0.2, -0.15) is 0 Å². The van der Waals surface area contributed by atoms with Gasteiger partial charge in [-0.1, -0.05) is 55.1 Å². The van der Waals surface area contributed by atoms with E-state index in [1.807, 2.05) is 12.1 Å². The number of aromatic carboxylic acids is 1. The number of rotatable bonds is 5. The first-order chi connectivity index (χ1) is 15.0. The number of nitrogens with two attached hydrogens (primary N) is 1. The summed E-state index contributed by atoms with van der Waals surface area (Å²) in [6.07, 6.45) is 8.56. The van der Waals surface area contributed by atoms with Crippen LogP contribution in [0.25, 0.3) is 5.57 Å². The van der Waals surface area contributed by atoms with Crippen LogP contribution in [0, 0.1) is 11.8 Å². The number of benzene rings is 1. The van der Waals surface area contributed by atoms with Crippen molar-refractivity contribution in [3.8, 4) is 17.6 Å². The molecule has 2 aromatic rings. The van der Waals surface area contributed by atoms with E-state index in [0.717, 1.165) is 41.5 Å². The van der Waals surface area contributed by atoms with E-state index < -0.39 is 5.97 Å². The molecule has 0 saturated carbocycles. The lowest BCUT2D eigenvalue weighted by atomic mass is 9.91. The molecule has 5 nitrogen and oxygen atoms in total. The molecule has 5 heteroatoms. The molecule has 1 aliphatic carbocycles. The van der Waals surface area contributed by atoms with Gasteiger partial charge in [-0.25, -0.2) is 9.78 Å². The third-order valence-corrected chi connectivity index (χ3v) is 5.29. The van der Waals surface area contributed by atoms with Gasteiger partial charge in [-0.05, 0) is 54.7 Å². The number of carboxylic acids is 1. The van der Waals surface area contributed by atoms with Gasteiger partial charge in [0, 0.05) is 17.3 Å². The Bertz CT molecular complexity index is 1140. The molecule has 0 saturated heterocycles. The molecule has 3 N–H and O–H groups in total. The minimum absolute atomic E-state index is 0.130. The highest BCUT2D eigenvalue weighted by Gasteiger charge is 2.18. The number of nitrogens with zero attached hydrogens (tertiary/aromatic N) is 1. The van der Waals surface area contributed by atoms with Crippen LogP contribution in [-0.2, 0) is 0 Å². The fraction of sp³-hybridized carbons (Fsp3) is 0.231. The Morgan fingerprint density at radius 3 is 2.58 bits per heavy atom. The molecule has 158 valence electrons. The Hall–Kier alpha value is -3.78. The van der Waals surface area contributed by atoms with Crippen LogP contribution in [0.4, 0.5) is 5.82 Å². The van der Waals surface area contributed by atoms with Gasteiger partial charge in [-0.15, -0.1) is 0 Å². The van der Waals surface area contributed by atoms with E-state index in [1.54, 1.807) is 24.4 Å². The van der Waals surface area contributed by atoms with E-state index >= 15 is 0 Å². The van der Waals surface area contributed by atoms with E-state index in [-0.39, 0.29) is 5.56 Å². The highest BCUT2D eigenvalue weighted by Crippen LogP contribution is 2.35. The van der Waals surface area contributed by atoms with Crippen molar-refractivity contribution in [2.75, 3.05) is 12.8 Å². The zero-order valence-electron chi connectivity index (χ0n) is 18.0. The van der Waals surface area contributed by atoms with Crippen LogP contribution < -0.4 is 10.5 Å².